The van der Waals surface area contributed by atoms with Crippen molar-refractivity contribution >= 4 is 16.8 Å². The van der Waals surface area contributed by atoms with Crippen molar-refractivity contribution in [3.05, 3.63) is 77.4 Å². The van der Waals surface area contributed by atoms with Crippen LogP contribution in [0.15, 0.2) is 66.2 Å². The summed E-state index contributed by atoms with van der Waals surface area (Å²) in [5.74, 6) is 0.720. The average molecular weight is 460 g/mol. The van der Waals surface area contributed by atoms with Crippen LogP contribution in [0.25, 0.3) is 28.0 Å². The van der Waals surface area contributed by atoms with E-state index in [1.807, 2.05) is 0 Å². The van der Waals surface area contributed by atoms with Gasteiger partial charge in [0.1, 0.15) is 0 Å². The minimum atomic E-state index is 0. The van der Waals surface area contributed by atoms with Gasteiger partial charge in [-0.2, -0.15) is 0 Å². The van der Waals surface area contributed by atoms with Crippen molar-refractivity contribution in [2.45, 2.75) is 23.9 Å². The van der Waals surface area contributed by atoms with E-state index in [4.69, 9.17) is 0 Å². The van der Waals surface area contributed by atoms with Crippen molar-refractivity contribution in [1.82, 2.24) is 0 Å². The monoisotopic (exact) mass is 457 g/mol. The molecule has 0 spiro atoms. The fraction of sp³-hybridized carbons (Fsp3) is 0.217. The zero-order valence-corrected chi connectivity index (χ0v) is 18.9. The Labute approximate surface area is 183 Å². The third kappa shape index (κ3) is 4.01. The molecule has 3 aromatic carbocycles. The van der Waals surface area contributed by atoms with Crippen molar-refractivity contribution in [1.29, 1.82) is 0 Å². The van der Waals surface area contributed by atoms with Crippen LogP contribution in [0.5, 0.6) is 0 Å². The third-order valence-corrected chi connectivity index (χ3v) is 6.53. The van der Waals surface area contributed by atoms with E-state index >= 15 is 0 Å². The SMILES string of the molecule is CC(C)CC1=Cc2c(-c3ccc4ccccc4c3)cccc2[CH]1[Zr+2].[Cl-].[Cl-]. The van der Waals surface area contributed by atoms with Crippen LogP contribution in [0.3, 0.4) is 0 Å². The molecule has 1 atom stereocenters. The molecule has 0 saturated carbocycles. The van der Waals surface area contributed by atoms with Gasteiger partial charge in [-0.3, -0.25) is 0 Å². The van der Waals surface area contributed by atoms with Gasteiger partial charge in [0, 0.05) is 0 Å². The number of halogens is 2. The molecule has 3 aromatic rings. The van der Waals surface area contributed by atoms with Gasteiger partial charge in [0.25, 0.3) is 0 Å². The van der Waals surface area contributed by atoms with E-state index in [9.17, 15) is 0 Å². The average Bonchev–Trinajstić information content (AvgIpc) is 2.90. The molecule has 0 radical (unpaired) electrons. The second-order valence-electron chi connectivity index (χ2n) is 7.12. The predicted octanol–water partition coefficient (Wildman–Crippen LogP) is 0.546. The van der Waals surface area contributed by atoms with Gasteiger partial charge in [-0.1, -0.05) is 0 Å². The molecule has 26 heavy (non-hydrogen) atoms. The Balaban J connectivity index is 0.00000121. The summed E-state index contributed by atoms with van der Waals surface area (Å²) in [6, 6.07) is 22.3. The second-order valence-corrected chi connectivity index (χ2v) is 8.54. The fourth-order valence-electron chi connectivity index (χ4n) is 3.72. The fourth-order valence-corrected chi connectivity index (χ4v) is 4.83. The van der Waals surface area contributed by atoms with Crippen LogP contribution in [0, 0.1) is 5.92 Å². The number of rotatable bonds is 3. The zero-order valence-electron chi connectivity index (χ0n) is 15.0. The first-order valence-corrected chi connectivity index (χ1v) is 10.1. The van der Waals surface area contributed by atoms with Gasteiger partial charge in [0.15, 0.2) is 0 Å². The summed E-state index contributed by atoms with van der Waals surface area (Å²) in [6.45, 7) is 4.63. The van der Waals surface area contributed by atoms with Crippen LogP contribution in [0.1, 0.15) is 35.0 Å². The van der Waals surface area contributed by atoms with E-state index in [1.165, 1.54) is 39.4 Å². The molecule has 0 nitrogen and oxygen atoms in total. The Morgan fingerprint density at radius 2 is 1.62 bits per heavy atom. The molecule has 1 unspecified atom stereocenters. The molecular formula is C23H21Cl2Zr. The summed E-state index contributed by atoms with van der Waals surface area (Å²) < 4.78 is 0.634. The molecule has 131 valence electrons. The second kappa shape index (κ2) is 8.87. The van der Waals surface area contributed by atoms with Crippen LogP contribution in [0.2, 0.25) is 0 Å². The van der Waals surface area contributed by atoms with Gasteiger partial charge >= 0.3 is 160 Å². The standard InChI is InChI=1S/C23H21.2ClH.Zr/c1-16(2)12-17-13-20-8-5-9-22(23(20)14-17)21-11-10-18-6-3-4-7-19(18)15-21;;;/h3-11,13-16H,12H2,1-2H3;2*1H;/q;;;+2/p-2. The summed E-state index contributed by atoms with van der Waals surface area (Å²) >= 11 is 1.60. The van der Waals surface area contributed by atoms with Crippen molar-refractivity contribution in [3.8, 4) is 11.1 Å². The Bertz CT molecular complexity index is 944. The summed E-state index contributed by atoms with van der Waals surface area (Å²) in [6.07, 6.45) is 3.68. The molecule has 1 aliphatic rings. The maximum Gasteiger partial charge on any atom is -1.00 e. The molecule has 1 aliphatic carbocycles. The maximum atomic E-state index is 2.47. The normalized spacial score (nSPS) is 15.3. The number of allylic oxidation sites excluding steroid dienone is 1. The van der Waals surface area contributed by atoms with Gasteiger partial charge in [0.2, 0.25) is 0 Å². The van der Waals surface area contributed by atoms with E-state index in [-0.39, 0.29) is 24.8 Å². The van der Waals surface area contributed by atoms with Crippen LogP contribution in [0.4, 0.5) is 0 Å². The maximum absolute atomic E-state index is 2.47. The molecule has 0 N–H and O–H groups in total. The molecule has 0 aromatic heterocycles. The van der Waals surface area contributed by atoms with Crippen molar-refractivity contribution in [2.24, 2.45) is 5.92 Å². The molecule has 3 heteroatoms. The smallest absolute Gasteiger partial charge is 1.00 e. The number of hydrogen-bond donors (Lipinski definition) is 0. The van der Waals surface area contributed by atoms with Crippen molar-refractivity contribution in [3.63, 3.8) is 0 Å². The zero-order chi connectivity index (χ0) is 16.7. The Hall–Kier alpha value is -0.877. The molecule has 0 amide bonds. The number of hydrogen-bond acceptors (Lipinski definition) is 0. The minimum Gasteiger partial charge on any atom is -1.00 e. The Kier molecular flexibility index (Phi) is 7.31. The summed E-state index contributed by atoms with van der Waals surface area (Å²) in [4.78, 5) is 0. The summed E-state index contributed by atoms with van der Waals surface area (Å²) in [5.41, 5.74) is 7.30. The Morgan fingerprint density at radius 1 is 0.885 bits per heavy atom. The molecule has 0 heterocycles. The van der Waals surface area contributed by atoms with E-state index in [0.29, 0.717) is 3.63 Å². The molecule has 0 bridgehead atoms. The first-order chi connectivity index (χ1) is 11.6. The third-order valence-electron chi connectivity index (χ3n) is 4.86. The van der Waals surface area contributed by atoms with Gasteiger partial charge in [-0.25, -0.2) is 0 Å². The van der Waals surface area contributed by atoms with E-state index < -0.39 is 0 Å². The molecule has 0 saturated heterocycles. The van der Waals surface area contributed by atoms with Crippen LogP contribution in [-0.2, 0) is 24.7 Å². The largest absolute Gasteiger partial charge is 1.00 e. The first kappa shape index (κ1) is 21.4. The Morgan fingerprint density at radius 3 is 2.35 bits per heavy atom. The topological polar surface area (TPSA) is 0 Å². The number of fused-ring (bicyclic) bond motifs is 2. The quantitative estimate of drug-likeness (QED) is 0.537. The summed E-state index contributed by atoms with van der Waals surface area (Å²) in [7, 11) is 0. The van der Waals surface area contributed by atoms with Crippen LogP contribution in [-0.4, -0.2) is 0 Å². The van der Waals surface area contributed by atoms with Gasteiger partial charge in [-0.05, 0) is 0 Å². The molecule has 0 fully saturated rings. The van der Waals surface area contributed by atoms with E-state index in [0.717, 1.165) is 5.92 Å². The number of benzene rings is 3. The van der Waals surface area contributed by atoms with Gasteiger partial charge in [0.05, 0.1) is 0 Å². The predicted molar refractivity (Wildman–Crippen MR) is 99.6 cm³/mol. The van der Waals surface area contributed by atoms with Crippen LogP contribution >= 0.6 is 0 Å². The van der Waals surface area contributed by atoms with Crippen LogP contribution < -0.4 is 24.8 Å². The first-order valence-electron chi connectivity index (χ1n) is 8.67. The van der Waals surface area contributed by atoms with Crippen molar-refractivity contribution in [2.75, 3.05) is 0 Å². The van der Waals surface area contributed by atoms with E-state index in [1.54, 1.807) is 30.3 Å². The molecule has 0 aliphatic heterocycles. The molecule has 4 rings (SSSR count). The van der Waals surface area contributed by atoms with Gasteiger partial charge < -0.3 is 24.8 Å². The molecular weight excluding hydrogens is 438 g/mol. The van der Waals surface area contributed by atoms with Gasteiger partial charge in [-0.15, -0.1) is 0 Å². The minimum absolute atomic E-state index is 0. The van der Waals surface area contributed by atoms with Crippen molar-refractivity contribution < 1.29 is 49.5 Å². The summed E-state index contributed by atoms with van der Waals surface area (Å²) in [5, 5.41) is 2.62. The van der Waals surface area contributed by atoms with E-state index in [2.05, 4.69) is 80.6 Å².